The van der Waals surface area contributed by atoms with Crippen LogP contribution >= 0.6 is 11.3 Å². The number of nitrogens with zero attached hydrogens (tertiary/aromatic N) is 3. The van der Waals surface area contributed by atoms with Crippen molar-refractivity contribution in [3.63, 3.8) is 0 Å². The predicted molar refractivity (Wildman–Crippen MR) is 132 cm³/mol. The Labute approximate surface area is 198 Å². The standard InChI is InChI=1S/C24H27N3O4S2/c1-5-16-26(17-6-2)33(29,30)19-14-12-18(13-15-19)23(28)25-24-27(7-3)22-20(31-8-4)10-9-11-21(22)32-24/h5-6,9-15H,1-2,7-8,16-17H2,3-4H3. The lowest BCUT2D eigenvalue weighted by Crippen LogP contribution is -2.31. The number of sulfonamides is 1. The van der Waals surface area contributed by atoms with Gasteiger partial charge in [0, 0.05) is 25.2 Å². The first-order valence-corrected chi connectivity index (χ1v) is 12.8. The summed E-state index contributed by atoms with van der Waals surface area (Å²) in [6.07, 6.45) is 3.03. The maximum absolute atomic E-state index is 12.9. The summed E-state index contributed by atoms with van der Waals surface area (Å²) in [7, 11) is -3.73. The monoisotopic (exact) mass is 485 g/mol. The van der Waals surface area contributed by atoms with Crippen LogP contribution in [0.5, 0.6) is 5.75 Å². The third-order valence-electron chi connectivity index (χ3n) is 4.88. The van der Waals surface area contributed by atoms with Crippen LogP contribution in [0.4, 0.5) is 0 Å². The molecule has 0 aliphatic carbocycles. The molecule has 0 bridgehead atoms. The lowest BCUT2D eigenvalue weighted by Gasteiger charge is -2.19. The highest BCUT2D eigenvalue weighted by Crippen LogP contribution is 2.27. The zero-order valence-corrected chi connectivity index (χ0v) is 20.4. The molecule has 0 aliphatic rings. The number of amides is 1. The fourth-order valence-electron chi connectivity index (χ4n) is 3.38. The van der Waals surface area contributed by atoms with Gasteiger partial charge in [-0.25, -0.2) is 8.42 Å². The van der Waals surface area contributed by atoms with Gasteiger partial charge in [0.25, 0.3) is 5.91 Å². The highest BCUT2D eigenvalue weighted by Gasteiger charge is 2.22. The number of carbonyl (C=O) groups is 1. The first-order valence-electron chi connectivity index (χ1n) is 10.5. The van der Waals surface area contributed by atoms with Gasteiger partial charge < -0.3 is 9.30 Å². The van der Waals surface area contributed by atoms with Crippen LogP contribution < -0.4 is 9.54 Å². The fraction of sp³-hybridized carbons (Fsp3) is 0.250. The molecule has 0 atom stereocenters. The smallest absolute Gasteiger partial charge is 0.279 e. The van der Waals surface area contributed by atoms with Gasteiger partial charge in [0.1, 0.15) is 11.3 Å². The molecule has 0 unspecified atom stereocenters. The molecular weight excluding hydrogens is 458 g/mol. The molecule has 0 saturated heterocycles. The number of benzene rings is 2. The number of carbonyl (C=O) groups excluding carboxylic acids is 1. The van der Waals surface area contributed by atoms with Crippen molar-refractivity contribution in [1.82, 2.24) is 8.87 Å². The Morgan fingerprint density at radius 3 is 2.36 bits per heavy atom. The molecule has 0 radical (unpaired) electrons. The van der Waals surface area contributed by atoms with E-state index in [-0.39, 0.29) is 18.0 Å². The molecule has 2 aromatic carbocycles. The van der Waals surface area contributed by atoms with E-state index in [9.17, 15) is 13.2 Å². The van der Waals surface area contributed by atoms with Crippen molar-refractivity contribution >= 4 is 37.5 Å². The topological polar surface area (TPSA) is 81.0 Å². The van der Waals surface area contributed by atoms with Gasteiger partial charge in [-0.2, -0.15) is 9.30 Å². The fourth-order valence-corrected chi connectivity index (χ4v) is 5.87. The van der Waals surface area contributed by atoms with Crippen molar-refractivity contribution in [3.05, 3.63) is 78.1 Å². The Hall–Kier alpha value is -3.01. The van der Waals surface area contributed by atoms with Crippen LogP contribution in [0.1, 0.15) is 24.2 Å². The van der Waals surface area contributed by atoms with Crippen LogP contribution in [0.3, 0.4) is 0 Å². The molecule has 0 saturated carbocycles. The van der Waals surface area contributed by atoms with Crippen molar-refractivity contribution in [2.24, 2.45) is 4.99 Å². The molecule has 3 aromatic rings. The molecule has 1 amide bonds. The zero-order chi connectivity index (χ0) is 24.0. The van der Waals surface area contributed by atoms with Crippen molar-refractivity contribution in [2.75, 3.05) is 19.7 Å². The molecule has 33 heavy (non-hydrogen) atoms. The lowest BCUT2D eigenvalue weighted by atomic mass is 10.2. The molecule has 0 aliphatic heterocycles. The number of thiazole rings is 1. The molecule has 174 valence electrons. The Morgan fingerprint density at radius 2 is 1.79 bits per heavy atom. The van der Waals surface area contributed by atoms with Gasteiger partial charge in [-0.05, 0) is 50.2 Å². The summed E-state index contributed by atoms with van der Waals surface area (Å²) in [6, 6.07) is 11.6. The van der Waals surface area contributed by atoms with Crippen molar-refractivity contribution in [1.29, 1.82) is 0 Å². The Balaban J connectivity index is 1.97. The number of hydrogen-bond acceptors (Lipinski definition) is 5. The van der Waals surface area contributed by atoms with Crippen molar-refractivity contribution in [3.8, 4) is 5.75 Å². The quantitative estimate of drug-likeness (QED) is 0.403. The zero-order valence-electron chi connectivity index (χ0n) is 18.7. The van der Waals surface area contributed by atoms with Gasteiger partial charge in [0.15, 0.2) is 4.80 Å². The highest BCUT2D eigenvalue weighted by atomic mass is 32.2. The molecule has 9 heteroatoms. The van der Waals surface area contributed by atoms with E-state index in [0.29, 0.717) is 23.5 Å². The SMILES string of the molecule is C=CCN(CC=C)S(=O)(=O)c1ccc(C(=O)N=c2sc3cccc(OCC)c3n2CC)cc1. The molecule has 1 heterocycles. The minimum absolute atomic E-state index is 0.0922. The van der Waals surface area contributed by atoms with Gasteiger partial charge in [0.05, 0.1) is 16.2 Å². The van der Waals surface area contributed by atoms with E-state index in [4.69, 9.17) is 4.74 Å². The van der Waals surface area contributed by atoms with E-state index in [1.807, 2.05) is 36.6 Å². The van der Waals surface area contributed by atoms with Crippen LogP contribution in [0.25, 0.3) is 10.2 Å². The number of fused-ring (bicyclic) bond motifs is 1. The van der Waals surface area contributed by atoms with Gasteiger partial charge in [0.2, 0.25) is 10.0 Å². The average Bonchev–Trinajstić information content (AvgIpc) is 3.17. The summed E-state index contributed by atoms with van der Waals surface area (Å²) in [5.74, 6) is 0.305. The van der Waals surface area contributed by atoms with E-state index in [1.54, 1.807) is 0 Å². The maximum atomic E-state index is 12.9. The number of rotatable bonds is 10. The van der Waals surface area contributed by atoms with E-state index in [2.05, 4.69) is 18.2 Å². The second-order valence-corrected chi connectivity index (χ2v) is 9.95. The minimum Gasteiger partial charge on any atom is -0.492 e. The number of hydrogen-bond donors (Lipinski definition) is 0. The molecule has 0 spiro atoms. The number of para-hydroxylation sites is 1. The van der Waals surface area contributed by atoms with Crippen LogP contribution in [-0.4, -0.2) is 42.9 Å². The maximum Gasteiger partial charge on any atom is 0.279 e. The molecule has 3 rings (SSSR count). The van der Waals surface area contributed by atoms with Crippen molar-refractivity contribution in [2.45, 2.75) is 25.3 Å². The first kappa shape index (κ1) is 24.6. The highest BCUT2D eigenvalue weighted by molar-refractivity contribution is 7.89. The first-order chi connectivity index (χ1) is 15.9. The second kappa shape index (κ2) is 10.7. The van der Waals surface area contributed by atoms with Crippen LogP contribution in [-0.2, 0) is 16.6 Å². The molecule has 0 fully saturated rings. The minimum atomic E-state index is -3.73. The van der Waals surface area contributed by atoms with E-state index < -0.39 is 15.9 Å². The number of aromatic nitrogens is 1. The molecular formula is C24H27N3O4S2. The Morgan fingerprint density at radius 1 is 1.12 bits per heavy atom. The number of ether oxygens (including phenoxy) is 1. The van der Waals surface area contributed by atoms with E-state index in [1.165, 1.54) is 52.1 Å². The van der Waals surface area contributed by atoms with Gasteiger partial charge in [-0.15, -0.1) is 13.2 Å². The second-order valence-electron chi connectivity index (χ2n) is 7.01. The lowest BCUT2D eigenvalue weighted by molar-refractivity contribution is 0.0997. The summed E-state index contributed by atoms with van der Waals surface area (Å²) in [6.45, 7) is 12.6. The summed E-state index contributed by atoms with van der Waals surface area (Å²) in [5.41, 5.74) is 1.21. The third-order valence-corrected chi connectivity index (χ3v) is 7.77. The van der Waals surface area contributed by atoms with Crippen LogP contribution in [0, 0.1) is 0 Å². The van der Waals surface area contributed by atoms with E-state index >= 15 is 0 Å². The van der Waals surface area contributed by atoms with Gasteiger partial charge >= 0.3 is 0 Å². The summed E-state index contributed by atoms with van der Waals surface area (Å²) in [5, 5.41) is 0. The van der Waals surface area contributed by atoms with Crippen LogP contribution in [0.15, 0.2) is 77.7 Å². The number of aryl methyl sites for hydroxylation is 1. The molecule has 1 aromatic heterocycles. The predicted octanol–water partition coefficient (Wildman–Crippen LogP) is 4.23. The Bertz CT molecular complexity index is 1330. The largest absolute Gasteiger partial charge is 0.492 e. The normalized spacial score (nSPS) is 12.3. The van der Waals surface area contributed by atoms with E-state index in [0.717, 1.165) is 16.0 Å². The summed E-state index contributed by atoms with van der Waals surface area (Å²) < 4.78 is 35.6. The summed E-state index contributed by atoms with van der Waals surface area (Å²) in [4.78, 5) is 17.9. The molecule has 7 nitrogen and oxygen atoms in total. The van der Waals surface area contributed by atoms with Gasteiger partial charge in [-0.3, -0.25) is 4.79 Å². The van der Waals surface area contributed by atoms with Crippen molar-refractivity contribution < 1.29 is 17.9 Å². The summed E-state index contributed by atoms with van der Waals surface area (Å²) >= 11 is 1.41. The van der Waals surface area contributed by atoms with Crippen LogP contribution in [0.2, 0.25) is 0 Å². The Kier molecular flexibility index (Phi) is 8.01. The third kappa shape index (κ3) is 5.16. The van der Waals surface area contributed by atoms with Gasteiger partial charge in [-0.1, -0.05) is 29.6 Å². The molecule has 0 N–H and O–H groups in total. The average molecular weight is 486 g/mol.